The highest BCUT2D eigenvalue weighted by atomic mass is 16.5. The van der Waals surface area contributed by atoms with E-state index in [4.69, 9.17) is 4.74 Å². The van der Waals surface area contributed by atoms with Crippen molar-refractivity contribution in [1.82, 2.24) is 15.1 Å². The molecular formula is C17H35N3O. The molecule has 0 aliphatic carbocycles. The number of hydrogen-bond acceptors (Lipinski definition) is 4. The summed E-state index contributed by atoms with van der Waals surface area (Å²) in [6.45, 7) is 19.2. The SMILES string of the molecule is CCN1CCN(CC2(CNC(C)(C)C)CCCOC2)CC1. The Morgan fingerprint density at radius 3 is 2.29 bits per heavy atom. The summed E-state index contributed by atoms with van der Waals surface area (Å²) < 4.78 is 5.86. The Morgan fingerprint density at radius 2 is 1.76 bits per heavy atom. The molecule has 0 aromatic rings. The van der Waals surface area contributed by atoms with Crippen LogP contribution >= 0.6 is 0 Å². The molecule has 0 spiro atoms. The van der Waals surface area contributed by atoms with Crippen molar-refractivity contribution in [2.45, 2.75) is 46.1 Å². The molecule has 0 radical (unpaired) electrons. The fraction of sp³-hybridized carbons (Fsp3) is 1.00. The van der Waals surface area contributed by atoms with Crippen LogP contribution in [0.2, 0.25) is 0 Å². The first-order valence-electron chi connectivity index (χ1n) is 8.70. The van der Waals surface area contributed by atoms with E-state index < -0.39 is 0 Å². The summed E-state index contributed by atoms with van der Waals surface area (Å²) in [5.74, 6) is 0. The molecule has 1 atom stereocenters. The first kappa shape index (κ1) is 17.2. The fourth-order valence-electron chi connectivity index (χ4n) is 3.42. The average Bonchev–Trinajstić information content (AvgIpc) is 2.46. The minimum atomic E-state index is 0.186. The molecule has 1 N–H and O–H groups in total. The molecule has 4 nitrogen and oxygen atoms in total. The highest BCUT2D eigenvalue weighted by molar-refractivity contribution is 4.90. The molecule has 0 amide bonds. The molecule has 2 saturated heterocycles. The summed E-state index contributed by atoms with van der Waals surface area (Å²) in [4.78, 5) is 5.21. The molecule has 0 aromatic carbocycles. The molecule has 2 heterocycles. The van der Waals surface area contributed by atoms with Crippen molar-refractivity contribution in [2.75, 3.05) is 59.0 Å². The molecule has 1 unspecified atom stereocenters. The summed E-state index contributed by atoms with van der Waals surface area (Å²) >= 11 is 0. The highest BCUT2D eigenvalue weighted by Crippen LogP contribution is 2.30. The first-order valence-corrected chi connectivity index (χ1v) is 8.70. The Bertz CT molecular complexity index is 300. The summed E-state index contributed by atoms with van der Waals surface area (Å²) in [5, 5.41) is 3.72. The Kier molecular flexibility index (Phi) is 6.06. The predicted octanol–water partition coefficient (Wildman–Crippen LogP) is 1.81. The highest BCUT2D eigenvalue weighted by Gasteiger charge is 2.36. The number of nitrogens with one attached hydrogen (secondary N) is 1. The standard InChI is InChI=1S/C17H35N3O/c1-5-19-8-10-20(11-9-19)14-17(7-6-12-21-15-17)13-18-16(2,3)4/h18H,5-15H2,1-4H3. The van der Waals surface area contributed by atoms with Crippen molar-refractivity contribution < 1.29 is 4.74 Å². The van der Waals surface area contributed by atoms with Crippen LogP contribution in [0, 0.1) is 5.41 Å². The van der Waals surface area contributed by atoms with E-state index >= 15 is 0 Å². The maximum Gasteiger partial charge on any atom is 0.0546 e. The smallest absolute Gasteiger partial charge is 0.0546 e. The van der Waals surface area contributed by atoms with Crippen molar-refractivity contribution in [1.29, 1.82) is 0 Å². The Morgan fingerprint density at radius 1 is 1.10 bits per heavy atom. The third-order valence-corrected chi connectivity index (χ3v) is 4.87. The van der Waals surface area contributed by atoms with E-state index in [-0.39, 0.29) is 5.54 Å². The van der Waals surface area contributed by atoms with Crippen LogP contribution in [0.1, 0.15) is 40.5 Å². The average molecular weight is 297 g/mol. The van der Waals surface area contributed by atoms with Gasteiger partial charge < -0.3 is 19.9 Å². The van der Waals surface area contributed by atoms with Gasteiger partial charge in [0.15, 0.2) is 0 Å². The van der Waals surface area contributed by atoms with Gasteiger partial charge in [-0.2, -0.15) is 0 Å². The van der Waals surface area contributed by atoms with Gasteiger partial charge in [0.2, 0.25) is 0 Å². The number of piperazine rings is 1. The van der Waals surface area contributed by atoms with Crippen LogP contribution in [0.3, 0.4) is 0 Å². The topological polar surface area (TPSA) is 27.7 Å². The van der Waals surface area contributed by atoms with Gasteiger partial charge in [0.25, 0.3) is 0 Å². The zero-order valence-corrected chi connectivity index (χ0v) is 14.6. The van der Waals surface area contributed by atoms with E-state index in [1.165, 1.54) is 52.1 Å². The molecule has 2 fully saturated rings. The molecule has 2 aliphatic heterocycles. The van der Waals surface area contributed by atoms with Gasteiger partial charge >= 0.3 is 0 Å². The number of ether oxygens (including phenoxy) is 1. The van der Waals surface area contributed by atoms with Crippen LogP contribution in [-0.4, -0.2) is 74.4 Å². The van der Waals surface area contributed by atoms with Crippen LogP contribution in [0.4, 0.5) is 0 Å². The Balaban J connectivity index is 1.90. The van der Waals surface area contributed by atoms with Crippen LogP contribution in [0.25, 0.3) is 0 Å². The molecule has 2 aliphatic rings. The molecular weight excluding hydrogens is 262 g/mol. The monoisotopic (exact) mass is 297 g/mol. The second-order valence-corrected chi connectivity index (χ2v) is 7.97. The lowest BCUT2D eigenvalue weighted by Crippen LogP contribution is -2.55. The quantitative estimate of drug-likeness (QED) is 0.837. The minimum Gasteiger partial charge on any atom is -0.381 e. The predicted molar refractivity (Wildman–Crippen MR) is 88.8 cm³/mol. The lowest BCUT2D eigenvalue weighted by Gasteiger charge is -2.44. The Labute approximate surface area is 131 Å². The normalized spacial score (nSPS) is 29.7. The van der Waals surface area contributed by atoms with E-state index in [9.17, 15) is 0 Å². The molecule has 0 bridgehead atoms. The summed E-state index contributed by atoms with van der Waals surface area (Å²) in [6, 6.07) is 0. The lowest BCUT2D eigenvalue weighted by atomic mass is 9.81. The van der Waals surface area contributed by atoms with Gasteiger partial charge in [0.1, 0.15) is 0 Å². The molecule has 2 rings (SSSR count). The van der Waals surface area contributed by atoms with Crippen molar-refractivity contribution in [3.8, 4) is 0 Å². The summed E-state index contributed by atoms with van der Waals surface area (Å²) in [6.07, 6.45) is 2.50. The van der Waals surface area contributed by atoms with E-state index in [0.29, 0.717) is 5.41 Å². The second-order valence-electron chi connectivity index (χ2n) is 7.97. The van der Waals surface area contributed by atoms with Crippen LogP contribution in [0.5, 0.6) is 0 Å². The van der Waals surface area contributed by atoms with Crippen LogP contribution < -0.4 is 5.32 Å². The van der Waals surface area contributed by atoms with Gasteiger partial charge in [-0.05, 0) is 40.2 Å². The molecule has 124 valence electrons. The van der Waals surface area contributed by atoms with E-state index in [1.54, 1.807) is 0 Å². The second kappa shape index (κ2) is 7.40. The van der Waals surface area contributed by atoms with Gasteiger partial charge in [-0.15, -0.1) is 0 Å². The van der Waals surface area contributed by atoms with E-state index in [1.807, 2.05) is 0 Å². The number of likely N-dealkylation sites (N-methyl/N-ethyl adjacent to an activating group) is 1. The maximum atomic E-state index is 5.86. The van der Waals surface area contributed by atoms with Gasteiger partial charge in [0, 0.05) is 56.8 Å². The van der Waals surface area contributed by atoms with Gasteiger partial charge in [0.05, 0.1) is 6.61 Å². The minimum absolute atomic E-state index is 0.186. The number of rotatable bonds is 5. The van der Waals surface area contributed by atoms with Gasteiger partial charge in [-0.1, -0.05) is 6.92 Å². The zero-order valence-electron chi connectivity index (χ0n) is 14.6. The Hall–Kier alpha value is -0.160. The third kappa shape index (κ3) is 5.51. The molecule has 0 saturated carbocycles. The fourth-order valence-corrected chi connectivity index (χ4v) is 3.42. The van der Waals surface area contributed by atoms with Gasteiger partial charge in [-0.25, -0.2) is 0 Å². The molecule has 4 heteroatoms. The maximum absolute atomic E-state index is 5.86. The molecule has 0 aromatic heterocycles. The largest absolute Gasteiger partial charge is 0.381 e. The van der Waals surface area contributed by atoms with Crippen molar-refractivity contribution in [3.63, 3.8) is 0 Å². The van der Waals surface area contributed by atoms with E-state index in [2.05, 4.69) is 42.8 Å². The van der Waals surface area contributed by atoms with Crippen molar-refractivity contribution >= 4 is 0 Å². The lowest BCUT2D eigenvalue weighted by molar-refractivity contribution is -0.0350. The van der Waals surface area contributed by atoms with Crippen LogP contribution in [-0.2, 0) is 4.74 Å². The zero-order chi connectivity index (χ0) is 15.3. The molecule has 21 heavy (non-hydrogen) atoms. The van der Waals surface area contributed by atoms with Crippen molar-refractivity contribution in [3.05, 3.63) is 0 Å². The summed E-state index contributed by atoms with van der Waals surface area (Å²) in [5.41, 5.74) is 0.491. The first-order chi connectivity index (χ1) is 9.92. The summed E-state index contributed by atoms with van der Waals surface area (Å²) in [7, 11) is 0. The van der Waals surface area contributed by atoms with Crippen LogP contribution in [0.15, 0.2) is 0 Å². The third-order valence-electron chi connectivity index (χ3n) is 4.87. The van der Waals surface area contributed by atoms with Crippen molar-refractivity contribution in [2.24, 2.45) is 5.41 Å². The van der Waals surface area contributed by atoms with Gasteiger partial charge in [-0.3, -0.25) is 0 Å². The number of nitrogens with zero attached hydrogens (tertiary/aromatic N) is 2. The number of hydrogen-bond donors (Lipinski definition) is 1. The van der Waals surface area contributed by atoms with E-state index in [0.717, 1.165) is 19.8 Å².